The second-order valence-corrected chi connectivity index (χ2v) is 20.2. The first-order chi connectivity index (χ1) is 32.5. The van der Waals surface area contributed by atoms with Crippen molar-refractivity contribution >= 4 is 13.7 Å². The number of nitrogens with one attached hydrogen (secondary N) is 1. The van der Waals surface area contributed by atoms with Crippen molar-refractivity contribution in [1.82, 2.24) is 5.32 Å². The molecule has 0 aromatic carbocycles. The Labute approximate surface area is 412 Å². The number of phosphoric acid groups is 1. The Morgan fingerprint density at radius 3 is 1.39 bits per heavy atom. The predicted molar refractivity (Wildman–Crippen MR) is 288 cm³/mol. The number of nitrogens with zero attached hydrogens (tertiary/aromatic N) is 1. The van der Waals surface area contributed by atoms with E-state index in [2.05, 4.69) is 116 Å². The summed E-state index contributed by atoms with van der Waals surface area (Å²) >= 11 is 0. The van der Waals surface area contributed by atoms with Crippen molar-refractivity contribution in [1.29, 1.82) is 0 Å². The number of quaternary nitrogens is 1. The first-order valence-electron chi connectivity index (χ1n) is 26.7. The van der Waals surface area contributed by atoms with Crippen LogP contribution in [0.3, 0.4) is 0 Å². The Morgan fingerprint density at radius 1 is 0.537 bits per heavy atom. The molecule has 2 N–H and O–H groups in total. The monoisotopic (exact) mass is 953 g/mol. The Kier molecular flexibility index (Phi) is 46.2. The zero-order valence-electron chi connectivity index (χ0n) is 43.6. The lowest BCUT2D eigenvalue weighted by Crippen LogP contribution is -2.45. The number of aliphatic hydroxyl groups is 1. The molecule has 1 amide bonds. The largest absolute Gasteiger partial charge is 0.756 e. The molecule has 67 heavy (non-hydrogen) atoms. The van der Waals surface area contributed by atoms with Gasteiger partial charge in [-0.25, -0.2) is 0 Å². The molecule has 384 valence electrons. The lowest BCUT2D eigenvalue weighted by Gasteiger charge is -2.29. The fourth-order valence-electron chi connectivity index (χ4n) is 7.01. The summed E-state index contributed by atoms with van der Waals surface area (Å²) in [6.07, 6.45) is 70.2. The van der Waals surface area contributed by atoms with E-state index in [9.17, 15) is 19.4 Å². The van der Waals surface area contributed by atoms with E-state index in [1.54, 1.807) is 6.08 Å². The van der Waals surface area contributed by atoms with E-state index in [4.69, 9.17) is 9.05 Å². The van der Waals surface area contributed by atoms with Gasteiger partial charge in [0.1, 0.15) is 13.2 Å². The number of carbonyl (C=O) groups is 1. The van der Waals surface area contributed by atoms with Crippen LogP contribution in [0.5, 0.6) is 0 Å². The first-order valence-corrected chi connectivity index (χ1v) is 28.2. The van der Waals surface area contributed by atoms with E-state index in [0.29, 0.717) is 17.4 Å². The van der Waals surface area contributed by atoms with E-state index in [-0.39, 0.29) is 12.5 Å². The molecule has 3 unspecified atom stereocenters. The van der Waals surface area contributed by atoms with Gasteiger partial charge >= 0.3 is 0 Å². The molecular weight excluding hydrogens is 852 g/mol. The average Bonchev–Trinajstić information content (AvgIpc) is 3.29. The van der Waals surface area contributed by atoms with Crippen molar-refractivity contribution < 1.29 is 32.9 Å². The second-order valence-electron chi connectivity index (χ2n) is 18.8. The number of likely N-dealkylation sites (N-methyl/N-ethyl adjacent to an activating group) is 1. The summed E-state index contributed by atoms with van der Waals surface area (Å²) in [5.41, 5.74) is 0. The second kappa shape index (κ2) is 48.2. The average molecular weight is 953 g/mol. The molecular formula is C58H101N2O6P. The van der Waals surface area contributed by atoms with Gasteiger partial charge in [-0.3, -0.25) is 9.36 Å². The van der Waals surface area contributed by atoms with Crippen LogP contribution in [0.25, 0.3) is 0 Å². The van der Waals surface area contributed by atoms with Crippen LogP contribution in [0, 0.1) is 0 Å². The fourth-order valence-corrected chi connectivity index (χ4v) is 7.73. The number of amides is 1. The van der Waals surface area contributed by atoms with Gasteiger partial charge in [0, 0.05) is 6.42 Å². The van der Waals surface area contributed by atoms with Gasteiger partial charge in [-0.2, -0.15) is 0 Å². The molecule has 0 aliphatic heterocycles. The fraction of sp³-hybridized carbons (Fsp3) is 0.672. The number of hydrogen-bond donors (Lipinski definition) is 2. The highest BCUT2D eigenvalue weighted by atomic mass is 31.2. The number of carbonyl (C=O) groups excluding carboxylic acids is 1. The maximum absolute atomic E-state index is 12.9. The van der Waals surface area contributed by atoms with Crippen molar-refractivity contribution in [2.24, 2.45) is 0 Å². The number of rotatable bonds is 47. The molecule has 0 radical (unpaired) electrons. The van der Waals surface area contributed by atoms with E-state index >= 15 is 0 Å². The van der Waals surface area contributed by atoms with Crippen molar-refractivity contribution in [3.63, 3.8) is 0 Å². The summed E-state index contributed by atoms with van der Waals surface area (Å²) in [4.78, 5) is 25.4. The third-order valence-electron chi connectivity index (χ3n) is 11.2. The summed E-state index contributed by atoms with van der Waals surface area (Å²) in [5.74, 6) is -0.219. The first kappa shape index (κ1) is 64.2. The normalized spacial score (nSPS) is 14.9. The van der Waals surface area contributed by atoms with Crippen LogP contribution in [0.15, 0.2) is 109 Å². The van der Waals surface area contributed by atoms with Crippen LogP contribution in [0.2, 0.25) is 0 Å². The van der Waals surface area contributed by atoms with Crippen LogP contribution in [-0.4, -0.2) is 68.5 Å². The van der Waals surface area contributed by atoms with Gasteiger partial charge in [-0.15, -0.1) is 0 Å². The van der Waals surface area contributed by atoms with Crippen molar-refractivity contribution in [2.75, 3.05) is 40.9 Å². The highest BCUT2D eigenvalue weighted by molar-refractivity contribution is 7.45. The molecule has 0 aliphatic carbocycles. The molecule has 0 aliphatic rings. The third-order valence-corrected chi connectivity index (χ3v) is 12.2. The van der Waals surface area contributed by atoms with Crippen LogP contribution in [-0.2, 0) is 18.4 Å². The van der Waals surface area contributed by atoms with Crippen molar-refractivity contribution in [2.45, 2.75) is 212 Å². The minimum atomic E-state index is -4.61. The lowest BCUT2D eigenvalue weighted by atomic mass is 10.0. The molecule has 0 bridgehead atoms. The van der Waals surface area contributed by atoms with Gasteiger partial charge in [0.2, 0.25) is 5.91 Å². The molecule has 0 fully saturated rings. The molecule has 0 saturated carbocycles. The van der Waals surface area contributed by atoms with Crippen LogP contribution >= 0.6 is 7.82 Å². The molecule has 3 atom stereocenters. The zero-order valence-corrected chi connectivity index (χ0v) is 44.5. The van der Waals surface area contributed by atoms with Gasteiger partial charge in [0.25, 0.3) is 7.82 Å². The molecule has 8 nitrogen and oxygen atoms in total. The van der Waals surface area contributed by atoms with E-state index in [1.807, 2.05) is 27.2 Å². The zero-order chi connectivity index (χ0) is 49.2. The van der Waals surface area contributed by atoms with Crippen molar-refractivity contribution in [3.8, 4) is 0 Å². The van der Waals surface area contributed by atoms with Crippen LogP contribution < -0.4 is 10.2 Å². The lowest BCUT2D eigenvalue weighted by molar-refractivity contribution is -0.870. The number of hydrogen-bond acceptors (Lipinski definition) is 6. The van der Waals surface area contributed by atoms with Crippen molar-refractivity contribution in [3.05, 3.63) is 109 Å². The highest BCUT2D eigenvalue weighted by Crippen LogP contribution is 2.38. The SMILES string of the molecule is CC/C=C\C/C=C\C/C=C\C/C=C\C/C=C\C/C=C\CCCCCCCCCCCCCCC(=O)NC(COP(=O)([O-])OCC[N+](C)(C)C)C(O)/C=C/CC/C=C/CC/C=C/CCCCCC. The Hall–Kier alpha value is -2.84. The quantitative estimate of drug-likeness (QED) is 0.0272. The molecule has 0 aromatic rings. The van der Waals surface area contributed by atoms with Crippen LogP contribution in [0.1, 0.15) is 200 Å². The number of aliphatic hydroxyl groups excluding tert-OH is 1. The molecule has 0 saturated heterocycles. The molecule has 0 rings (SSSR count). The molecule has 9 heteroatoms. The van der Waals surface area contributed by atoms with Gasteiger partial charge in [-0.05, 0) is 96.3 Å². The summed E-state index contributed by atoms with van der Waals surface area (Å²) in [7, 11) is 1.22. The maximum atomic E-state index is 12.9. The van der Waals surface area contributed by atoms with Gasteiger partial charge in [0.05, 0.1) is 39.9 Å². The minimum absolute atomic E-state index is 0.0144. The Bertz CT molecular complexity index is 1450. The molecule has 0 aromatic heterocycles. The Morgan fingerprint density at radius 2 is 0.925 bits per heavy atom. The summed E-state index contributed by atoms with van der Waals surface area (Å²) < 4.78 is 23.2. The van der Waals surface area contributed by atoms with E-state index in [1.165, 1.54) is 89.9 Å². The smallest absolute Gasteiger partial charge is 0.268 e. The summed E-state index contributed by atoms with van der Waals surface area (Å²) in [5, 5.41) is 13.8. The standard InChI is InChI=1S/C58H101N2O6P/c1-6-8-10-12-14-16-18-20-22-23-24-25-26-27-28-29-30-31-32-33-34-35-36-37-38-40-42-44-46-48-50-52-58(62)59-56(55-66-67(63,64)65-54-53-60(3,4)5)57(61)51-49-47-45-43-41-39-21-19-17-15-13-11-9-7-2/h8,10,14,16-17,19-20,22,24-25,27-28,30-31,41,43,49,51,56-57,61H,6-7,9,11-13,15,18,21,23,26,29,32-40,42,44-48,50,52-55H2,1-5H3,(H-,59,62,63,64)/b10-8-,16-14-,19-17+,22-20-,25-24-,28-27-,31-30-,43-41+,51-49+. The topological polar surface area (TPSA) is 108 Å². The van der Waals surface area contributed by atoms with E-state index in [0.717, 1.165) is 89.9 Å². The summed E-state index contributed by atoms with van der Waals surface area (Å²) in [6, 6.07) is -0.917. The summed E-state index contributed by atoms with van der Waals surface area (Å²) in [6.45, 7) is 4.46. The predicted octanol–water partition coefficient (Wildman–Crippen LogP) is 15.4. The minimum Gasteiger partial charge on any atom is -0.756 e. The van der Waals surface area contributed by atoms with E-state index < -0.39 is 26.6 Å². The van der Waals surface area contributed by atoms with Crippen LogP contribution in [0.4, 0.5) is 0 Å². The number of unbranched alkanes of at least 4 members (excludes halogenated alkanes) is 18. The maximum Gasteiger partial charge on any atom is 0.268 e. The van der Waals surface area contributed by atoms with Gasteiger partial charge in [-0.1, -0.05) is 207 Å². The third kappa shape index (κ3) is 50.9. The van der Waals surface area contributed by atoms with Gasteiger partial charge < -0.3 is 28.8 Å². The number of allylic oxidation sites excluding steroid dienone is 17. The number of phosphoric ester groups is 1. The Balaban J connectivity index is 4.21. The van der Waals surface area contributed by atoms with Gasteiger partial charge in [0.15, 0.2) is 0 Å². The molecule has 0 heterocycles. The molecule has 0 spiro atoms. The highest BCUT2D eigenvalue weighted by Gasteiger charge is 2.23.